The second-order valence-electron chi connectivity index (χ2n) is 2.21. The zero-order chi connectivity index (χ0) is 6.57. The molecule has 0 radical (unpaired) electrons. The number of hydrogen-bond donors (Lipinski definition) is 0. The molecular weight excluding hydrogens is 98.1 g/mol. The van der Waals surface area contributed by atoms with Gasteiger partial charge in [0.15, 0.2) is 0 Å². The van der Waals surface area contributed by atoms with Crippen LogP contribution in [0, 0.1) is 5.92 Å². The summed E-state index contributed by atoms with van der Waals surface area (Å²) in [5, 5.41) is 0. The van der Waals surface area contributed by atoms with Crippen molar-refractivity contribution < 1.29 is 0 Å². The molecule has 8 heavy (non-hydrogen) atoms. The molecule has 0 atom stereocenters. The minimum absolute atomic E-state index is 0.584. The summed E-state index contributed by atoms with van der Waals surface area (Å²) in [6.45, 7) is 9.59. The van der Waals surface area contributed by atoms with Gasteiger partial charge in [0.1, 0.15) is 0 Å². The first-order valence-corrected chi connectivity index (χ1v) is 2.82. The molecule has 0 saturated carbocycles. The third-order valence-corrected chi connectivity index (χ3v) is 0.824. The Balaban J connectivity index is 3.74. The van der Waals surface area contributed by atoms with Crippen molar-refractivity contribution in [2.24, 2.45) is 10.9 Å². The SMILES string of the molecule is C=N/C(C)=C/C(C)C. The van der Waals surface area contributed by atoms with E-state index in [9.17, 15) is 0 Å². The highest BCUT2D eigenvalue weighted by molar-refractivity contribution is 5.28. The molecule has 0 bridgehead atoms. The van der Waals surface area contributed by atoms with Gasteiger partial charge in [-0.25, -0.2) is 0 Å². The van der Waals surface area contributed by atoms with Crippen LogP contribution in [0.4, 0.5) is 0 Å². The summed E-state index contributed by atoms with van der Waals surface area (Å²) in [5.41, 5.74) is 1.01. The molecule has 0 aromatic heterocycles. The first kappa shape index (κ1) is 7.41. The molecule has 0 aromatic carbocycles. The maximum absolute atomic E-state index is 3.74. The number of allylic oxidation sites excluding steroid dienone is 2. The highest BCUT2D eigenvalue weighted by Gasteiger charge is 1.85. The molecule has 0 aliphatic heterocycles. The molecule has 0 N–H and O–H groups in total. The maximum Gasteiger partial charge on any atom is 0.0328 e. The molecule has 0 heterocycles. The van der Waals surface area contributed by atoms with Gasteiger partial charge in [0.05, 0.1) is 0 Å². The molecule has 46 valence electrons. The molecule has 0 unspecified atom stereocenters. The van der Waals surface area contributed by atoms with E-state index >= 15 is 0 Å². The highest BCUT2D eigenvalue weighted by Crippen LogP contribution is 2.00. The van der Waals surface area contributed by atoms with Gasteiger partial charge in [-0.1, -0.05) is 19.9 Å². The van der Waals surface area contributed by atoms with Gasteiger partial charge in [0.25, 0.3) is 0 Å². The third-order valence-electron chi connectivity index (χ3n) is 0.824. The van der Waals surface area contributed by atoms with Gasteiger partial charge in [-0.15, -0.1) is 0 Å². The van der Waals surface area contributed by atoms with E-state index in [4.69, 9.17) is 0 Å². The van der Waals surface area contributed by atoms with E-state index in [1.165, 1.54) is 0 Å². The van der Waals surface area contributed by atoms with Crippen LogP contribution in [0.5, 0.6) is 0 Å². The quantitative estimate of drug-likeness (QED) is 0.484. The molecule has 1 nitrogen and oxygen atoms in total. The molecule has 0 rings (SSSR count). The predicted octanol–water partition coefficient (Wildman–Crippen LogP) is 2.25. The molecule has 0 aliphatic carbocycles. The van der Waals surface area contributed by atoms with Gasteiger partial charge in [-0.2, -0.15) is 0 Å². The lowest BCUT2D eigenvalue weighted by Crippen LogP contribution is -1.79. The smallest absolute Gasteiger partial charge is 0.0328 e. The first-order valence-electron chi connectivity index (χ1n) is 2.82. The Morgan fingerprint density at radius 1 is 1.62 bits per heavy atom. The van der Waals surface area contributed by atoms with E-state index in [-0.39, 0.29) is 0 Å². The predicted molar refractivity (Wildman–Crippen MR) is 38.1 cm³/mol. The lowest BCUT2D eigenvalue weighted by molar-refractivity contribution is 0.820. The molecule has 0 aliphatic rings. The van der Waals surface area contributed by atoms with Crippen molar-refractivity contribution in [3.8, 4) is 0 Å². The lowest BCUT2D eigenvalue weighted by atomic mass is 10.2. The fourth-order valence-electron chi connectivity index (χ4n) is 0.535. The van der Waals surface area contributed by atoms with Crippen LogP contribution >= 0.6 is 0 Å². The van der Waals surface area contributed by atoms with Crippen molar-refractivity contribution in [1.29, 1.82) is 0 Å². The molecule has 0 aromatic rings. The molecule has 0 fully saturated rings. The fourth-order valence-corrected chi connectivity index (χ4v) is 0.535. The molecular formula is C7H13N. The van der Waals surface area contributed by atoms with Gasteiger partial charge in [-0.05, 0) is 19.6 Å². The molecule has 0 spiro atoms. The lowest BCUT2D eigenvalue weighted by Gasteiger charge is -1.93. The largest absolute Gasteiger partial charge is 0.270 e. The van der Waals surface area contributed by atoms with Crippen LogP contribution in [0.1, 0.15) is 20.8 Å². The number of aliphatic imine (C=N–C) groups is 1. The van der Waals surface area contributed by atoms with Gasteiger partial charge in [0.2, 0.25) is 0 Å². The first-order chi connectivity index (χ1) is 3.66. The highest BCUT2D eigenvalue weighted by atomic mass is 14.7. The minimum Gasteiger partial charge on any atom is -0.270 e. The van der Waals surface area contributed by atoms with Gasteiger partial charge in [-0.3, -0.25) is 4.99 Å². The minimum atomic E-state index is 0.584. The summed E-state index contributed by atoms with van der Waals surface area (Å²) in [7, 11) is 0. The zero-order valence-electron chi connectivity index (χ0n) is 5.81. The van der Waals surface area contributed by atoms with Crippen LogP contribution in [0.2, 0.25) is 0 Å². The van der Waals surface area contributed by atoms with Crippen molar-refractivity contribution in [2.45, 2.75) is 20.8 Å². The van der Waals surface area contributed by atoms with E-state index in [0.29, 0.717) is 5.92 Å². The van der Waals surface area contributed by atoms with Crippen LogP contribution in [0.15, 0.2) is 16.8 Å². The molecule has 0 saturated heterocycles. The van der Waals surface area contributed by atoms with Gasteiger partial charge < -0.3 is 0 Å². The van der Waals surface area contributed by atoms with E-state index in [0.717, 1.165) is 5.70 Å². The van der Waals surface area contributed by atoms with E-state index in [1.54, 1.807) is 0 Å². The summed E-state index contributed by atoms with van der Waals surface area (Å²) in [6.07, 6.45) is 2.08. The van der Waals surface area contributed by atoms with Crippen molar-refractivity contribution in [1.82, 2.24) is 0 Å². The second-order valence-corrected chi connectivity index (χ2v) is 2.21. The van der Waals surface area contributed by atoms with Crippen molar-refractivity contribution in [3.05, 3.63) is 11.8 Å². The summed E-state index contributed by atoms with van der Waals surface area (Å²) in [5.74, 6) is 0.584. The van der Waals surface area contributed by atoms with E-state index < -0.39 is 0 Å². The second kappa shape index (κ2) is 3.42. The average Bonchev–Trinajstić information content (AvgIpc) is 1.65. The number of hydrogen-bond acceptors (Lipinski definition) is 1. The number of nitrogens with zero attached hydrogens (tertiary/aromatic N) is 1. The van der Waals surface area contributed by atoms with Crippen LogP contribution in [-0.2, 0) is 0 Å². The fraction of sp³-hybridized carbons (Fsp3) is 0.571. The maximum atomic E-state index is 3.74. The third kappa shape index (κ3) is 3.59. The van der Waals surface area contributed by atoms with Crippen molar-refractivity contribution in [3.63, 3.8) is 0 Å². The average molecular weight is 111 g/mol. The Morgan fingerprint density at radius 3 is 2.25 bits per heavy atom. The monoisotopic (exact) mass is 111 g/mol. The van der Waals surface area contributed by atoms with Crippen LogP contribution in [0.3, 0.4) is 0 Å². The Labute approximate surface area is 51.1 Å². The topological polar surface area (TPSA) is 12.4 Å². The zero-order valence-corrected chi connectivity index (χ0v) is 5.81. The Kier molecular flexibility index (Phi) is 3.16. The molecule has 0 amide bonds. The van der Waals surface area contributed by atoms with Crippen LogP contribution in [-0.4, -0.2) is 6.72 Å². The standard InChI is InChI=1S/C7H13N/c1-6(2)5-7(3)8-4/h5-6H,4H2,1-3H3/b7-5+. The summed E-state index contributed by atoms with van der Waals surface area (Å²) < 4.78 is 0. The van der Waals surface area contributed by atoms with E-state index in [2.05, 4.69) is 31.6 Å². The van der Waals surface area contributed by atoms with E-state index in [1.807, 2.05) is 6.92 Å². The Morgan fingerprint density at radius 2 is 2.12 bits per heavy atom. The van der Waals surface area contributed by atoms with Gasteiger partial charge >= 0.3 is 0 Å². The Hall–Kier alpha value is -0.590. The summed E-state index contributed by atoms with van der Waals surface area (Å²) in [4.78, 5) is 3.74. The number of rotatable bonds is 2. The van der Waals surface area contributed by atoms with Gasteiger partial charge in [0, 0.05) is 5.70 Å². The normalized spacial score (nSPS) is 12.2. The summed E-state index contributed by atoms with van der Waals surface area (Å²) in [6, 6.07) is 0. The van der Waals surface area contributed by atoms with Crippen molar-refractivity contribution in [2.75, 3.05) is 0 Å². The summed E-state index contributed by atoms with van der Waals surface area (Å²) >= 11 is 0. The molecule has 1 heteroatoms. The van der Waals surface area contributed by atoms with Crippen LogP contribution in [0.25, 0.3) is 0 Å². The Bertz CT molecular complexity index is 101. The van der Waals surface area contributed by atoms with Crippen molar-refractivity contribution >= 4 is 6.72 Å². The van der Waals surface area contributed by atoms with Crippen LogP contribution < -0.4 is 0 Å².